The van der Waals surface area contributed by atoms with E-state index in [1.807, 2.05) is 6.07 Å². The first-order chi connectivity index (χ1) is 10.6. The third-order valence-corrected chi connectivity index (χ3v) is 3.21. The summed E-state index contributed by atoms with van der Waals surface area (Å²) in [6.07, 6.45) is -1.51. The molecule has 0 spiro atoms. The van der Waals surface area contributed by atoms with Crippen LogP contribution in [-0.2, 0) is 0 Å². The van der Waals surface area contributed by atoms with Gasteiger partial charge in [-0.3, -0.25) is 0 Å². The minimum atomic E-state index is -2.73. The SMILES string of the molecule is COc1cccc(-c2cc(C(F)F)n3ncc(C#N)c3n2)c1. The Morgan fingerprint density at radius 1 is 1.32 bits per heavy atom. The highest BCUT2D eigenvalue weighted by molar-refractivity contribution is 5.66. The number of rotatable bonds is 3. The van der Waals surface area contributed by atoms with Crippen LogP contribution in [0, 0.1) is 11.3 Å². The maximum absolute atomic E-state index is 13.3. The summed E-state index contributed by atoms with van der Waals surface area (Å²) in [7, 11) is 1.52. The van der Waals surface area contributed by atoms with E-state index in [0.29, 0.717) is 17.0 Å². The fourth-order valence-electron chi connectivity index (χ4n) is 2.15. The lowest BCUT2D eigenvalue weighted by Gasteiger charge is -2.08. The summed E-state index contributed by atoms with van der Waals surface area (Å²) >= 11 is 0. The van der Waals surface area contributed by atoms with Crippen molar-refractivity contribution in [3.63, 3.8) is 0 Å². The number of alkyl halides is 2. The van der Waals surface area contributed by atoms with Crippen molar-refractivity contribution in [3.05, 3.63) is 47.8 Å². The average molecular weight is 300 g/mol. The molecular weight excluding hydrogens is 290 g/mol. The Bertz CT molecular complexity index is 883. The topological polar surface area (TPSA) is 63.2 Å². The van der Waals surface area contributed by atoms with Crippen LogP contribution in [0.3, 0.4) is 0 Å². The zero-order valence-electron chi connectivity index (χ0n) is 11.5. The van der Waals surface area contributed by atoms with Gasteiger partial charge in [-0.2, -0.15) is 10.4 Å². The van der Waals surface area contributed by atoms with Crippen molar-refractivity contribution < 1.29 is 13.5 Å². The third kappa shape index (κ3) is 2.24. The van der Waals surface area contributed by atoms with Gasteiger partial charge < -0.3 is 4.74 Å². The van der Waals surface area contributed by atoms with E-state index in [2.05, 4.69) is 10.1 Å². The Balaban J connectivity index is 2.27. The number of hydrogen-bond acceptors (Lipinski definition) is 4. The highest BCUT2D eigenvalue weighted by Crippen LogP contribution is 2.28. The normalized spacial score (nSPS) is 10.9. The molecule has 3 aromatic rings. The van der Waals surface area contributed by atoms with Crippen LogP contribution in [0.4, 0.5) is 8.78 Å². The summed E-state index contributed by atoms with van der Waals surface area (Å²) in [4.78, 5) is 4.28. The average Bonchev–Trinajstić information content (AvgIpc) is 2.96. The van der Waals surface area contributed by atoms with Crippen LogP contribution in [0.25, 0.3) is 16.9 Å². The molecule has 0 radical (unpaired) electrons. The lowest BCUT2D eigenvalue weighted by molar-refractivity contribution is 0.143. The molecule has 0 aliphatic rings. The molecule has 0 amide bonds. The molecule has 0 saturated heterocycles. The van der Waals surface area contributed by atoms with Crippen LogP contribution in [-0.4, -0.2) is 21.7 Å². The second-order valence-electron chi connectivity index (χ2n) is 4.50. The second-order valence-corrected chi connectivity index (χ2v) is 4.50. The molecule has 0 saturated carbocycles. The van der Waals surface area contributed by atoms with E-state index in [1.54, 1.807) is 24.3 Å². The van der Waals surface area contributed by atoms with Crippen LogP contribution >= 0.6 is 0 Å². The smallest absolute Gasteiger partial charge is 0.280 e. The summed E-state index contributed by atoms with van der Waals surface area (Å²) in [6.45, 7) is 0. The summed E-state index contributed by atoms with van der Waals surface area (Å²) < 4.78 is 32.6. The fourth-order valence-corrected chi connectivity index (χ4v) is 2.15. The molecule has 1 aromatic carbocycles. The minimum Gasteiger partial charge on any atom is -0.497 e. The van der Waals surface area contributed by atoms with E-state index in [9.17, 15) is 8.78 Å². The predicted molar refractivity (Wildman–Crippen MR) is 74.6 cm³/mol. The zero-order valence-corrected chi connectivity index (χ0v) is 11.5. The van der Waals surface area contributed by atoms with Crippen molar-refractivity contribution in [2.24, 2.45) is 0 Å². The standard InChI is InChI=1S/C15H10F2N4O/c1-22-11-4-2-3-9(5-11)12-6-13(14(16)17)21-15(20-12)10(7-18)8-19-21/h2-6,8,14H,1H3. The number of hydrogen-bond donors (Lipinski definition) is 0. The number of nitriles is 1. The number of fused-ring (bicyclic) bond motifs is 1. The van der Waals surface area contributed by atoms with Gasteiger partial charge in [0.05, 0.1) is 19.0 Å². The number of nitrogens with zero attached hydrogens (tertiary/aromatic N) is 4. The van der Waals surface area contributed by atoms with Crippen molar-refractivity contribution in [2.75, 3.05) is 7.11 Å². The first kappa shape index (κ1) is 13.9. The second kappa shape index (κ2) is 5.41. The van der Waals surface area contributed by atoms with Crippen molar-refractivity contribution in [1.82, 2.24) is 14.6 Å². The van der Waals surface area contributed by atoms with Crippen molar-refractivity contribution in [3.8, 4) is 23.1 Å². The number of benzene rings is 1. The summed E-state index contributed by atoms with van der Waals surface area (Å²) in [5, 5.41) is 12.9. The van der Waals surface area contributed by atoms with Crippen molar-refractivity contribution >= 4 is 5.65 Å². The molecule has 3 rings (SSSR count). The van der Waals surface area contributed by atoms with Crippen LogP contribution in [0.15, 0.2) is 36.5 Å². The van der Waals surface area contributed by atoms with Gasteiger partial charge in [0.25, 0.3) is 6.43 Å². The Kier molecular flexibility index (Phi) is 3.43. The van der Waals surface area contributed by atoms with Gasteiger partial charge in [-0.1, -0.05) is 12.1 Å². The molecule has 0 aliphatic heterocycles. The highest BCUT2D eigenvalue weighted by atomic mass is 19.3. The Morgan fingerprint density at radius 3 is 2.82 bits per heavy atom. The summed E-state index contributed by atoms with van der Waals surface area (Å²) in [6, 6.07) is 10.1. The number of aromatic nitrogens is 3. The van der Waals surface area contributed by atoms with Gasteiger partial charge >= 0.3 is 0 Å². The molecular formula is C15H10F2N4O. The molecule has 0 N–H and O–H groups in total. The number of methoxy groups -OCH3 is 1. The van der Waals surface area contributed by atoms with Gasteiger partial charge in [-0.25, -0.2) is 18.3 Å². The van der Waals surface area contributed by atoms with Crippen LogP contribution in [0.1, 0.15) is 17.7 Å². The van der Waals surface area contributed by atoms with Crippen LogP contribution in [0.5, 0.6) is 5.75 Å². The van der Waals surface area contributed by atoms with Crippen molar-refractivity contribution in [1.29, 1.82) is 5.26 Å². The molecule has 0 aliphatic carbocycles. The maximum atomic E-state index is 13.3. The van der Waals surface area contributed by atoms with E-state index in [1.165, 1.54) is 19.4 Å². The Hall–Kier alpha value is -3.01. The van der Waals surface area contributed by atoms with Crippen LogP contribution in [0.2, 0.25) is 0 Å². The Labute approximate surface area is 124 Å². The molecule has 2 heterocycles. The Morgan fingerprint density at radius 2 is 2.14 bits per heavy atom. The van der Waals surface area contributed by atoms with Gasteiger partial charge in [-0.05, 0) is 18.2 Å². The lowest BCUT2D eigenvalue weighted by atomic mass is 10.1. The molecule has 0 atom stereocenters. The molecule has 22 heavy (non-hydrogen) atoms. The third-order valence-electron chi connectivity index (χ3n) is 3.21. The first-order valence-corrected chi connectivity index (χ1v) is 6.35. The highest BCUT2D eigenvalue weighted by Gasteiger charge is 2.18. The monoisotopic (exact) mass is 300 g/mol. The quantitative estimate of drug-likeness (QED) is 0.745. The molecule has 7 heteroatoms. The van der Waals surface area contributed by atoms with E-state index < -0.39 is 6.43 Å². The predicted octanol–water partition coefficient (Wildman–Crippen LogP) is 3.21. The summed E-state index contributed by atoms with van der Waals surface area (Å²) in [5.74, 6) is 0.590. The van der Waals surface area contributed by atoms with E-state index in [4.69, 9.17) is 10.00 Å². The molecule has 0 unspecified atom stereocenters. The zero-order chi connectivity index (χ0) is 15.7. The van der Waals surface area contributed by atoms with E-state index in [-0.39, 0.29) is 16.9 Å². The van der Waals surface area contributed by atoms with E-state index in [0.717, 1.165) is 4.52 Å². The fraction of sp³-hybridized carbons (Fsp3) is 0.133. The van der Waals surface area contributed by atoms with Gasteiger partial charge in [0.2, 0.25) is 0 Å². The first-order valence-electron chi connectivity index (χ1n) is 6.35. The summed E-state index contributed by atoms with van der Waals surface area (Å²) in [5.41, 5.74) is 0.890. The molecule has 5 nitrogen and oxygen atoms in total. The number of halogens is 2. The van der Waals surface area contributed by atoms with Crippen LogP contribution < -0.4 is 4.74 Å². The van der Waals surface area contributed by atoms with Crippen molar-refractivity contribution in [2.45, 2.75) is 6.43 Å². The minimum absolute atomic E-state index is 0.109. The molecule has 2 aromatic heterocycles. The van der Waals surface area contributed by atoms with Gasteiger partial charge in [0.15, 0.2) is 5.65 Å². The largest absolute Gasteiger partial charge is 0.497 e. The van der Waals surface area contributed by atoms with E-state index >= 15 is 0 Å². The number of ether oxygens (including phenoxy) is 1. The maximum Gasteiger partial charge on any atom is 0.280 e. The molecule has 110 valence electrons. The lowest BCUT2D eigenvalue weighted by Crippen LogP contribution is -2.02. The van der Waals surface area contributed by atoms with Gasteiger partial charge in [0, 0.05) is 5.56 Å². The van der Waals surface area contributed by atoms with Gasteiger partial charge in [-0.15, -0.1) is 0 Å². The molecule has 0 bridgehead atoms. The van der Waals surface area contributed by atoms with Gasteiger partial charge in [0.1, 0.15) is 23.1 Å². The molecule has 0 fully saturated rings.